The van der Waals surface area contributed by atoms with Gasteiger partial charge in [-0.05, 0) is 18.1 Å². The highest BCUT2D eigenvalue weighted by molar-refractivity contribution is 5.15. The van der Waals surface area contributed by atoms with E-state index in [-0.39, 0.29) is 6.10 Å². The minimum atomic E-state index is -0.326. The highest BCUT2D eigenvalue weighted by Crippen LogP contribution is 2.18. The summed E-state index contributed by atoms with van der Waals surface area (Å²) in [5.41, 5.74) is 0.920. The van der Waals surface area contributed by atoms with E-state index in [9.17, 15) is 5.11 Å². The van der Waals surface area contributed by atoms with Crippen LogP contribution in [0.1, 0.15) is 50.7 Å². The Labute approximate surface area is 86.8 Å². The minimum absolute atomic E-state index is 0.326. The summed E-state index contributed by atoms with van der Waals surface area (Å²) in [6.07, 6.45) is 5.38. The molecule has 0 saturated carbocycles. The molecule has 14 heavy (non-hydrogen) atoms. The normalized spacial score (nSPS) is 12.7. The van der Waals surface area contributed by atoms with E-state index >= 15 is 0 Å². The quantitative estimate of drug-likeness (QED) is 0.682. The van der Waals surface area contributed by atoms with Crippen molar-refractivity contribution in [2.24, 2.45) is 0 Å². The van der Waals surface area contributed by atoms with Crippen molar-refractivity contribution in [2.45, 2.75) is 45.1 Å². The van der Waals surface area contributed by atoms with Crippen LogP contribution in [0.2, 0.25) is 0 Å². The van der Waals surface area contributed by atoms with E-state index in [1.165, 1.54) is 19.3 Å². The molecule has 77 valence electrons. The summed E-state index contributed by atoms with van der Waals surface area (Å²) in [5, 5.41) is 9.79. The van der Waals surface area contributed by atoms with Gasteiger partial charge in [0.1, 0.15) is 0 Å². The van der Waals surface area contributed by atoms with Crippen LogP contribution in [0.5, 0.6) is 0 Å². The second-order valence-corrected chi connectivity index (χ2v) is 3.68. The van der Waals surface area contributed by atoms with Crippen molar-refractivity contribution in [1.82, 2.24) is 0 Å². The molecule has 0 heterocycles. The first-order valence-corrected chi connectivity index (χ1v) is 5.49. The summed E-state index contributed by atoms with van der Waals surface area (Å²) in [6, 6.07) is 10.7. The smallest absolute Gasteiger partial charge is 0.0796 e. The first-order valence-electron chi connectivity index (χ1n) is 5.49. The Kier molecular flexibility index (Phi) is 5.31. The van der Waals surface area contributed by atoms with Crippen LogP contribution in [-0.2, 0) is 0 Å². The third-order valence-electron chi connectivity index (χ3n) is 2.42. The number of benzene rings is 1. The molecule has 0 fully saturated rings. The number of hydrogen-bond donors (Lipinski definition) is 1. The van der Waals surface area contributed by atoms with Crippen LogP contribution in [0.15, 0.2) is 24.3 Å². The molecule has 1 N–H and O–H groups in total. The lowest BCUT2D eigenvalue weighted by molar-refractivity contribution is 0.163. The van der Waals surface area contributed by atoms with Gasteiger partial charge in [0.2, 0.25) is 0 Å². The molecular formula is C13H19O. The van der Waals surface area contributed by atoms with E-state index < -0.39 is 0 Å². The largest absolute Gasteiger partial charge is 0.388 e. The molecule has 1 rings (SSSR count). The Balaban J connectivity index is 2.25. The molecule has 0 spiro atoms. The topological polar surface area (TPSA) is 20.2 Å². The lowest BCUT2D eigenvalue weighted by Gasteiger charge is -2.09. The molecule has 1 unspecified atom stereocenters. The van der Waals surface area contributed by atoms with Gasteiger partial charge in [-0.3, -0.25) is 0 Å². The van der Waals surface area contributed by atoms with Crippen molar-refractivity contribution in [3.63, 3.8) is 0 Å². The third kappa shape index (κ3) is 3.93. The van der Waals surface area contributed by atoms with Crippen LogP contribution in [-0.4, -0.2) is 5.11 Å². The van der Waals surface area contributed by atoms with Gasteiger partial charge in [-0.25, -0.2) is 0 Å². The van der Waals surface area contributed by atoms with Crippen molar-refractivity contribution in [2.75, 3.05) is 0 Å². The molecule has 1 nitrogen and oxygen atoms in total. The van der Waals surface area contributed by atoms with Gasteiger partial charge in [0, 0.05) is 0 Å². The highest BCUT2D eigenvalue weighted by Gasteiger charge is 2.05. The minimum Gasteiger partial charge on any atom is -0.388 e. The predicted molar refractivity (Wildman–Crippen MR) is 59.0 cm³/mol. The van der Waals surface area contributed by atoms with Crippen molar-refractivity contribution < 1.29 is 5.11 Å². The SMILES string of the molecule is CCCCCCC(O)c1[c]cccc1. The third-order valence-corrected chi connectivity index (χ3v) is 2.42. The molecule has 1 atom stereocenters. The molecular weight excluding hydrogens is 172 g/mol. The Morgan fingerprint density at radius 3 is 2.79 bits per heavy atom. The molecule has 0 bridgehead atoms. The van der Waals surface area contributed by atoms with Gasteiger partial charge in [0.05, 0.1) is 6.10 Å². The molecule has 1 heteroatoms. The fraction of sp³-hybridized carbons (Fsp3) is 0.538. The summed E-state index contributed by atoms with van der Waals surface area (Å²) < 4.78 is 0. The predicted octanol–water partition coefficient (Wildman–Crippen LogP) is 3.49. The maximum atomic E-state index is 9.79. The second kappa shape index (κ2) is 6.61. The Hall–Kier alpha value is -0.820. The average molecular weight is 191 g/mol. The molecule has 1 radical (unpaired) electrons. The van der Waals surface area contributed by atoms with Crippen LogP contribution in [0.4, 0.5) is 0 Å². The Morgan fingerprint density at radius 2 is 2.14 bits per heavy atom. The van der Waals surface area contributed by atoms with Crippen molar-refractivity contribution >= 4 is 0 Å². The van der Waals surface area contributed by atoms with Gasteiger partial charge < -0.3 is 5.11 Å². The fourth-order valence-corrected chi connectivity index (χ4v) is 1.53. The van der Waals surface area contributed by atoms with Crippen LogP contribution in [0, 0.1) is 6.07 Å². The van der Waals surface area contributed by atoms with Gasteiger partial charge in [-0.2, -0.15) is 0 Å². The van der Waals surface area contributed by atoms with Crippen LogP contribution >= 0.6 is 0 Å². The maximum absolute atomic E-state index is 9.79. The molecule has 0 aliphatic rings. The first-order chi connectivity index (χ1) is 6.84. The lowest BCUT2D eigenvalue weighted by atomic mass is 10.0. The molecule has 0 amide bonds. The molecule has 0 saturated heterocycles. The average Bonchev–Trinajstić information content (AvgIpc) is 2.25. The van der Waals surface area contributed by atoms with E-state index in [2.05, 4.69) is 13.0 Å². The first kappa shape index (κ1) is 11.3. The summed E-state index contributed by atoms with van der Waals surface area (Å²) >= 11 is 0. The van der Waals surface area contributed by atoms with Crippen molar-refractivity contribution in [3.05, 3.63) is 35.9 Å². The number of unbranched alkanes of at least 4 members (excludes halogenated alkanes) is 3. The Morgan fingerprint density at radius 1 is 1.29 bits per heavy atom. The van der Waals surface area contributed by atoms with Gasteiger partial charge in [-0.1, -0.05) is 56.9 Å². The highest BCUT2D eigenvalue weighted by atomic mass is 16.3. The number of rotatable bonds is 6. The van der Waals surface area contributed by atoms with Crippen LogP contribution < -0.4 is 0 Å². The molecule has 0 aromatic heterocycles. The molecule has 0 aliphatic heterocycles. The molecule has 1 aromatic carbocycles. The summed E-state index contributed by atoms with van der Waals surface area (Å²) in [4.78, 5) is 0. The fourth-order valence-electron chi connectivity index (χ4n) is 1.53. The number of hydrogen-bond acceptors (Lipinski definition) is 1. The van der Waals surface area contributed by atoms with Crippen molar-refractivity contribution in [3.8, 4) is 0 Å². The van der Waals surface area contributed by atoms with E-state index in [1.807, 2.05) is 24.3 Å². The maximum Gasteiger partial charge on any atom is 0.0796 e. The zero-order valence-electron chi connectivity index (χ0n) is 8.87. The zero-order valence-corrected chi connectivity index (χ0v) is 8.87. The monoisotopic (exact) mass is 191 g/mol. The van der Waals surface area contributed by atoms with Gasteiger partial charge in [-0.15, -0.1) is 0 Å². The number of aliphatic hydroxyl groups is 1. The summed E-state index contributed by atoms with van der Waals surface area (Å²) in [6.45, 7) is 2.20. The number of aliphatic hydroxyl groups excluding tert-OH is 1. The Bertz CT molecular complexity index is 230. The summed E-state index contributed by atoms with van der Waals surface area (Å²) in [7, 11) is 0. The van der Waals surface area contributed by atoms with E-state index in [0.717, 1.165) is 18.4 Å². The van der Waals surface area contributed by atoms with Crippen LogP contribution in [0.3, 0.4) is 0 Å². The lowest BCUT2D eigenvalue weighted by Crippen LogP contribution is -1.96. The van der Waals surface area contributed by atoms with Gasteiger partial charge in [0.25, 0.3) is 0 Å². The second-order valence-electron chi connectivity index (χ2n) is 3.68. The zero-order chi connectivity index (χ0) is 10.2. The van der Waals surface area contributed by atoms with Crippen molar-refractivity contribution in [1.29, 1.82) is 0 Å². The molecule has 0 aliphatic carbocycles. The summed E-state index contributed by atoms with van der Waals surface area (Å²) in [5.74, 6) is 0. The van der Waals surface area contributed by atoms with Crippen LogP contribution in [0.25, 0.3) is 0 Å². The molecule has 1 aromatic rings. The van der Waals surface area contributed by atoms with E-state index in [4.69, 9.17) is 0 Å². The van der Waals surface area contributed by atoms with E-state index in [0.29, 0.717) is 0 Å². The van der Waals surface area contributed by atoms with Gasteiger partial charge in [0.15, 0.2) is 0 Å². The van der Waals surface area contributed by atoms with Gasteiger partial charge >= 0.3 is 0 Å². The van der Waals surface area contributed by atoms with E-state index in [1.54, 1.807) is 0 Å². The standard InChI is InChI=1S/C13H19O/c1-2-3-4-8-11-13(14)12-9-6-5-7-10-12/h5-7,9,13-14H,2-4,8,11H2,1H3.